The van der Waals surface area contributed by atoms with Gasteiger partial charge in [0.1, 0.15) is 6.33 Å². The van der Waals surface area contributed by atoms with Crippen LogP contribution in [0.5, 0.6) is 0 Å². The molecule has 4 heterocycles. The zero-order valence-electron chi connectivity index (χ0n) is 14.2. The number of carbonyl (C=O) groups excluding carboxylic acids is 1. The lowest BCUT2D eigenvalue weighted by Gasteiger charge is -2.25. The highest BCUT2D eigenvalue weighted by Gasteiger charge is 2.38. The Morgan fingerprint density at radius 3 is 2.82 bits per heavy atom. The van der Waals surface area contributed by atoms with Crippen LogP contribution < -0.4 is 5.32 Å². The first-order valence-electron chi connectivity index (χ1n) is 8.18. The molecule has 0 saturated heterocycles. The van der Waals surface area contributed by atoms with Crippen molar-refractivity contribution in [2.45, 2.75) is 19.1 Å². The minimum absolute atomic E-state index is 0.0832. The van der Waals surface area contributed by atoms with Crippen LogP contribution in [0, 0.1) is 0 Å². The third-order valence-corrected chi connectivity index (χ3v) is 5.28. The van der Waals surface area contributed by atoms with Gasteiger partial charge in [0.15, 0.2) is 0 Å². The van der Waals surface area contributed by atoms with Gasteiger partial charge < -0.3 is 9.84 Å². The molecular formula is C16H13F3N6O2S. The lowest BCUT2D eigenvalue weighted by Crippen LogP contribution is -2.36. The molecule has 0 atom stereocenters. The molecule has 12 heteroatoms. The summed E-state index contributed by atoms with van der Waals surface area (Å²) in [6, 6.07) is 1.75. The Bertz CT molecular complexity index is 988. The van der Waals surface area contributed by atoms with Crippen molar-refractivity contribution in [3.8, 4) is 10.7 Å². The van der Waals surface area contributed by atoms with E-state index in [0.717, 1.165) is 10.4 Å². The number of amides is 1. The van der Waals surface area contributed by atoms with Gasteiger partial charge in [-0.2, -0.15) is 18.2 Å². The van der Waals surface area contributed by atoms with Crippen LogP contribution in [0.4, 0.5) is 18.9 Å². The Labute approximate surface area is 160 Å². The number of carbonyl (C=O) groups is 1. The van der Waals surface area contributed by atoms with Crippen molar-refractivity contribution in [2.75, 3.05) is 18.4 Å². The number of nitrogens with one attached hydrogen (secondary N) is 1. The Balaban J connectivity index is 1.42. The lowest BCUT2D eigenvalue weighted by molar-refractivity contribution is -0.159. The average Bonchev–Trinajstić information content (AvgIpc) is 3.28. The Morgan fingerprint density at radius 1 is 1.32 bits per heavy atom. The Hall–Kier alpha value is -2.86. The molecule has 4 rings (SSSR count). The smallest absolute Gasteiger partial charge is 0.329 e. The highest BCUT2D eigenvalue weighted by atomic mass is 32.1. The first-order valence-corrected chi connectivity index (χ1v) is 9.00. The quantitative estimate of drug-likeness (QED) is 0.706. The molecule has 1 aliphatic heterocycles. The number of hydrogen-bond acceptors (Lipinski definition) is 8. The third kappa shape index (κ3) is 4.02. The van der Waals surface area contributed by atoms with Crippen molar-refractivity contribution >= 4 is 22.9 Å². The van der Waals surface area contributed by atoms with Crippen LogP contribution in [0.15, 0.2) is 29.3 Å². The number of aromatic nitrogens is 4. The number of rotatable bonds is 4. The van der Waals surface area contributed by atoms with Gasteiger partial charge in [-0.1, -0.05) is 5.16 Å². The molecule has 146 valence electrons. The van der Waals surface area contributed by atoms with Crippen LogP contribution in [-0.4, -0.2) is 44.0 Å². The SMILES string of the molecule is O=C(CN1CCc2sc(-c3noc(C(F)(F)F)n3)cc2C1)Nc1cncnc1. The molecule has 0 aromatic carbocycles. The van der Waals surface area contributed by atoms with Gasteiger partial charge in [0.25, 0.3) is 0 Å². The van der Waals surface area contributed by atoms with Gasteiger partial charge >= 0.3 is 12.1 Å². The van der Waals surface area contributed by atoms with Crippen molar-refractivity contribution in [1.82, 2.24) is 25.0 Å². The molecule has 3 aromatic heterocycles. The number of fused-ring (bicyclic) bond motifs is 1. The Kier molecular flexibility index (Phi) is 4.81. The van der Waals surface area contributed by atoms with Crippen LogP contribution in [0.2, 0.25) is 0 Å². The van der Waals surface area contributed by atoms with Gasteiger partial charge in [-0.25, -0.2) is 9.97 Å². The molecule has 0 bridgehead atoms. The standard InChI is InChI=1S/C16H13F3N6O2S/c17-16(18,19)15-23-14(24-27-15)12-3-9-6-25(2-1-11(9)28-12)7-13(26)22-10-4-20-8-21-5-10/h3-5,8H,1-2,6-7H2,(H,22,26). The van der Waals surface area contributed by atoms with Crippen LogP contribution in [0.3, 0.4) is 0 Å². The van der Waals surface area contributed by atoms with Crippen LogP contribution >= 0.6 is 11.3 Å². The maximum Gasteiger partial charge on any atom is 0.471 e. The summed E-state index contributed by atoms with van der Waals surface area (Å²) < 4.78 is 42.2. The molecule has 0 saturated carbocycles. The highest BCUT2D eigenvalue weighted by molar-refractivity contribution is 7.15. The van der Waals surface area contributed by atoms with Crippen LogP contribution in [0.25, 0.3) is 10.7 Å². The van der Waals surface area contributed by atoms with Gasteiger partial charge in [-0.15, -0.1) is 11.3 Å². The van der Waals surface area contributed by atoms with Crippen LogP contribution in [0.1, 0.15) is 16.3 Å². The monoisotopic (exact) mass is 410 g/mol. The Morgan fingerprint density at radius 2 is 2.11 bits per heavy atom. The van der Waals surface area contributed by atoms with E-state index in [9.17, 15) is 18.0 Å². The number of anilines is 1. The second kappa shape index (κ2) is 7.28. The van der Waals surface area contributed by atoms with Crippen molar-refractivity contribution in [2.24, 2.45) is 0 Å². The second-order valence-corrected chi connectivity index (χ2v) is 7.25. The van der Waals surface area contributed by atoms with Crippen molar-refractivity contribution in [3.63, 3.8) is 0 Å². The van der Waals surface area contributed by atoms with Gasteiger partial charge in [0.2, 0.25) is 11.7 Å². The third-order valence-electron chi connectivity index (χ3n) is 4.05. The van der Waals surface area contributed by atoms with E-state index in [2.05, 4.69) is 29.9 Å². The number of nitrogens with zero attached hydrogens (tertiary/aromatic N) is 5. The minimum Gasteiger partial charge on any atom is -0.329 e. The first-order chi connectivity index (χ1) is 13.4. The molecule has 0 unspecified atom stereocenters. The second-order valence-electron chi connectivity index (χ2n) is 6.12. The molecule has 1 N–H and O–H groups in total. The summed E-state index contributed by atoms with van der Waals surface area (Å²) in [5, 5.41) is 6.14. The zero-order valence-corrected chi connectivity index (χ0v) is 15.0. The molecule has 8 nitrogen and oxygen atoms in total. The normalized spacial score (nSPS) is 14.7. The molecule has 1 amide bonds. The summed E-state index contributed by atoms with van der Waals surface area (Å²) in [7, 11) is 0. The summed E-state index contributed by atoms with van der Waals surface area (Å²) in [6.07, 6.45) is 0.397. The number of halogens is 3. The van der Waals surface area contributed by atoms with E-state index in [1.54, 1.807) is 6.07 Å². The van der Waals surface area contributed by atoms with Gasteiger partial charge in [-0.05, 0) is 18.1 Å². The average molecular weight is 410 g/mol. The number of alkyl halides is 3. The fourth-order valence-electron chi connectivity index (χ4n) is 2.84. The fourth-order valence-corrected chi connectivity index (χ4v) is 3.93. The van der Waals surface area contributed by atoms with E-state index in [1.165, 1.54) is 30.1 Å². The summed E-state index contributed by atoms with van der Waals surface area (Å²) >= 11 is 1.34. The molecule has 0 spiro atoms. The van der Waals surface area contributed by atoms with Crippen molar-refractivity contribution < 1.29 is 22.5 Å². The number of thiophene rings is 1. The zero-order chi connectivity index (χ0) is 19.7. The van der Waals surface area contributed by atoms with Gasteiger partial charge in [0, 0.05) is 18.0 Å². The molecule has 0 radical (unpaired) electrons. The van der Waals surface area contributed by atoms with Gasteiger partial charge in [0.05, 0.1) is 29.5 Å². The van der Waals surface area contributed by atoms with Crippen molar-refractivity contribution in [3.05, 3.63) is 41.1 Å². The van der Waals surface area contributed by atoms with E-state index in [-0.39, 0.29) is 18.3 Å². The van der Waals surface area contributed by atoms with E-state index in [1.807, 2.05) is 4.90 Å². The highest BCUT2D eigenvalue weighted by Crippen LogP contribution is 2.35. The van der Waals surface area contributed by atoms with Crippen LogP contribution in [-0.2, 0) is 23.9 Å². The fraction of sp³-hybridized carbons (Fsp3) is 0.312. The van der Waals surface area contributed by atoms with E-state index in [0.29, 0.717) is 30.1 Å². The minimum atomic E-state index is -4.67. The summed E-state index contributed by atoms with van der Waals surface area (Å²) in [6.45, 7) is 1.35. The summed E-state index contributed by atoms with van der Waals surface area (Å²) in [5.41, 5.74) is 1.46. The molecule has 0 fully saturated rings. The van der Waals surface area contributed by atoms with Gasteiger partial charge in [-0.3, -0.25) is 9.69 Å². The summed E-state index contributed by atoms with van der Waals surface area (Å²) in [5.74, 6) is -1.64. The predicted molar refractivity (Wildman–Crippen MR) is 92.3 cm³/mol. The largest absolute Gasteiger partial charge is 0.471 e. The maximum absolute atomic E-state index is 12.6. The first kappa shape index (κ1) is 18.5. The summed E-state index contributed by atoms with van der Waals surface area (Å²) in [4.78, 5) is 26.8. The molecular weight excluding hydrogens is 397 g/mol. The van der Waals surface area contributed by atoms with Crippen molar-refractivity contribution in [1.29, 1.82) is 0 Å². The maximum atomic E-state index is 12.6. The lowest BCUT2D eigenvalue weighted by atomic mass is 10.1. The molecule has 0 aliphatic carbocycles. The topological polar surface area (TPSA) is 97.0 Å². The van der Waals surface area contributed by atoms with E-state index >= 15 is 0 Å². The molecule has 1 aliphatic rings. The predicted octanol–water partition coefficient (Wildman–Crippen LogP) is 2.60. The molecule has 28 heavy (non-hydrogen) atoms. The number of hydrogen-bond donors (Lipinski definition) is 1. The molecule has 3 aromatic rings. The van der Waals surface area contributed by atoms with E-state index in [4.69, 9.17) is 0 Å². The van der Waals surface area contributed by atoms with E-state index < -0.39 is 12.1 Å².